The van der Waals surface area contributed by atoms with Crippen molar-refractivity contribution in [1.82, 2.24) is 24.4 Å². The van der Waals surface area contributed by atoms with Crippen LogP contribution in [0, 0.1) is 0 Å². The Bertz CT molecular complexity index is 1550. The Morgan fingerprint density at radius 2 is 1.76 bits per heavy atom. The quantitative estimate of drug-likeness (QED) is 0.246. The number of aromatic nitrogens is 4. The van der Waals surface area contributed by atoms with E-state index in [4.69, 9.17) is 5.73 Å². The van der Waals surface area contributed by atoms with Crippen LogP contribution < -0.4 is 16.4 Å². The molecule has 38 heavy (non-hydrogen) atoms. The van der Waals surface area contributed by atoms with Crippen LogP contribution in [0.1, 0.15) is 36.7 Å². The summed E-state index contributed by atoms with van der Waals surface area (Å²) in [7, 11) is 0. The normalized spacial score (nSPS) is 11.2. The molecule has 10 heteroatoms. The van der Waals surface area contributed by atoms with E-state index in [0.29, 0.717) is 25.2 Å². The Morgan fingerprint density at radius 3 is 2.53 bits per heavy atom. The van der Waals surface area contributed by atoms with E-state index < -0.39 is 0 Å². The molecule has 0 fully saturated rings. The molecule has 0 aliphatic rings. The lowest BCUT2D eigenvalue weighted by atomic mass is 10.1. The zero-order valence-electron chi connectivity index (χ0n) is 21.6. The minimum atomic E-state index is -0.277. The fourth-order valence-electron chi connectivity index (χ4n) is 4.42. The SMILES string of the molecule is CC(C)(C)NC(=O)c1cccc(Cn2ccc3cc(Nc4ncnc5ccn(CCN)c45)ccc32)c1.Cl.Cl. The highest BCUT2D eigenvalue weighted by Crippen LogP contribution is 2.27. The van der Waals surface area contributed by atoms with Gasteiger partial charge in [-0.05, 0) is 68.8 Å². The lowest BCUT2D eigenvalue weighted by Gasteiger charge is -2.20. The van der Waals surface area contributed by atoms with Crippen LogP contribution in [0.5, 0.6) is 0 Å². The highest BCUT2D eigenvalue weighted by molar-refractivity contribution is 5.95. The minimum Gasteiger partial charge on any atom is -0.347 e. The summed E-state index contributed by atoms with van der Waals surface area (Å²) < 4.78 is 4.26. The van der Waals surface area contributed by atoms with Gasteiger partial charge in [-0.15, -0.1) is 24.8 Å². The molecule has 0 radical (unpaired) electrons. The highest BCUT2D eigenvalue weighted by Gasteiger charge is 2.16. The number of benzene rings is 2. The maximum Gasteiger partial charge on any atom is 0.251 e. The predicted molar refractivity (Wildman–Crippen MR) is 159 cm³/mol. The Kier molecular flexibility index (Phi) is 9.04. The van der Waals surface area contributed by atoms with Crippen LogP contribution in [-0.2, 0) is 13.1 Å². The topological polar surface area (TPSA) is 103 Å². The lowest BCUT2D eigenvalue weighted by molar-refractivity contribution is 0.0919. The summed E-state index contributed by atoms with van der Waals surface area (Å²) in [5.74, 6) is 0.691. The second-order valence-corrected chi connectivity index (χ2v) is 10.0. The molecule has 0 saturated carbocycles. The average Bonchev–Trinajstić information content (AvgIpc) is 3.43. The van der Waals surface area contributed by atoms with E-state index in [1.54, 1.807) is 6.33 Å². The van der Waals surface area contributed by atoms with Gasteiger partial charge in [0.2, 0.25) is 0 Å². The first-order valence-corrected chi connectivity index (χ1v) is 12.1. The molecule has 2 aromatic carbocycles. The van der Waals surface area contributed by atoms with E-state index >= 15 is 0 Å². The molecule has 0 aliphatic carbocycles. The first-order chi connectivity index (χ1) is 17.3. The van der Waals surface area contributed by atoms with E-state index in [1.165, 1.54) is 0 Å². The molecule has 3 heterocycles. The number of hydrogen-bond donors (Lipinski definition) is 3. The molecule has 200 valence electrons. The molecule has 0 atom stereocenters. The molecule has 0 aliphatic heterocycles. The summed E-state index contributed by atoms with van der Waals surface area (Å²) in [6, 6.07) is 18.1. The number of anilines is 2. The second-order valence-electron chi connectivity index (χ2n) is 10.0. The minimum absolute atomic E-state index is 0. The molecule has 0 spiro atoms. The smallest absolute Gasteiger partial charge is 0.251 e. The number of carbonyl (C=O) groups is 1. The summed E-state index contributed by atoms with van der Waals surface area (Å²) in [5, 5.41) is 7.60. The van der Waals surface area contributed by atoms with Crippen LogP contribution in [0.15, 0.2) is 73.3 Å². The zero-order valence-corrected chi connectivity index (χ0v) is 23.3. The molecule has 0 bridgehead atoms. The molecule has 4 N–H and O–H groups in total. The van der Waals surface area contributed by atoms with Crippen molar-refractivity contribution < 1.29 is 4.79 Å². The van der Waals surface area contributed by atoms with E-state index in [1.807, 2.05) is 57.3 Å². The van der Waals surface area contributed by atoms with E-state index in [0.717, 1.165) is 39.0 Å². The third kappa shape index (κ3) is 6.27. The summed E-state index contributed by atoms with van der Waals surface area (Å²) in [4.78, 5) is 21.4. The van der Waals surface area contributed by atoms with Gasteiger partial charge in [0, 0.05) is 59.7 Å². The van der Waals surface area contributed by atoms with Gasteiger partial charge in [-0.1, -0.05) is 12.1 Å². The summed E-state index contributed by atoms with van der Waals surface area (Å²) in [6.45, 7) is 7.86. The molecule has 0 unspecified atom stereocenters. The van der Waals surface area contributed by atoms with E-state index in [9.17, 15) is 4.79 Å². The third-order valence-corrected chi connectivity index (χ3v) is 5.98. The van der Waals surface area contributed by atoms with Crippen LogP contribution in [0.2, 0.25) is 0 Å². The van der Waals surface area contributed by atoms with Gasteiger partial charge in [-0.2, -0.15) is 0 Å². The Balaban J connectivity index is 0.00000200. The number of rotatable bonds is 7. The number of nitrogens with zero attached hydrogens (tertiary/aromatic N) is 4. The van der Waals surface area contributed by atoms with Gasteiger partial charge in [-0.25, -0.2) is 9.97 Å². The van der Waals surface area contributed by atoms with Crippen LogP contribution >= 0.6 is 24.8 Å². The Morgan fingerprint density at radius 1 is 0.974 bits per heavy atom. The molecule has 3 aromatic heterocycles. The van der Waals surface area contributed by atoms with Crippen molar-refractivity contribution in [2.75, 3.05) is 11.9 Å². The van der Waals surface area contributed by atoms with E-state index in [-0.39, 0.29) is 36.3 Å². The van der Waals surface area contributed by atoms with Gasteiger partial charge in [0.05, 0.1) is 5.52 Å². The maximum atomic E-state index is 12.6. The second kappa shape index (κ2) is 11.9. The van der Waals surface area contributed by atoms with Crippen LogP contribution in [-0.4, -0.2) is 37.1 Å². The van der Waals surface area contributed by atoms with Crippen LogP contribution in [0.4, 0.5) is 11.5 Å². The number of amides is 1. The number of carbonyl (C=O) groups excluding carboxylic acids is 1. The van der Waals surface area contributed by atoms with Crippen molar-refractivity contribution in [3.8, 4) is 0 Å². The largest absolute Gasteiger partial charge is 0.347 e. The standard InChI is InChI=1S/C28H31N7O.2ClH/c1-28(2,3)33-27(36)21-6-4-5-19(15-21)17-35-12-9-20-16-22(7-8-24(20)35)32-26-25-23(30-18-31-26)10-13-34(25)14-11-29;;/h4-10,12-13,15-16,18H,11,14,17,29H2,1-3H3,(H,33,36)(H,30,31,32);2*1H. The fraction of sp³-hybridized carbons (Fsp3) is 0.250. The molecule has 5 aromatic rings. The number of fused-ring (bicyclic) bond motifs is 2. The Hall–Kier alpha value is -3.59. The molecule has 1 amide bonds. The zero-order chi connectivity index (χ0) is 25.3. The first-order valence-electron chi connectivity index (χ1n) is 12.1. The molecular weight excluding hydrogens is 521 g/mol. The number of nitrogens with one attached hydrogen (secondary N) is 2. The number of nitrogens with two attached hydrogens (primary N) is 1. The first kappa shape index (κ1) is 29.0. The van der Waals surface area contributed by atoms with Crippen LogP contribution in [0.3, 0.4) is 0 Å². The van der Waals surface area contributed by atoms with Crippen molar-refractivity contribution in [3.63, 3.8) is 0 Å². The van der Waals surface area contributed by atoms with Gasteiger partial charge < -0.3 is 25.5 Å². The van der Waals surface area contributed by atoms with Crippen molar-refractivity contribution in [2.24, 2.45) is 5.73 Å². The van der Waals surface area contributed by atoms with Crippen molar-refractivity contribution in [1.29, 1.82) is 0 Å². The lowest BCUT2D eigenvalue weighted by Crippen LogP contribution is -2.40. The summed E-state index contributed by atoms with van der Waals surface area (Å²) >= 11 is 0. The average molecular weight is 555 g/mol. The van der Waals surface area contributed by atoms with Crippen molar-refractivity contribution >= 4 is 64.2 Å². The number of hydrogen-bond acceptors (Lipinski definition) is 5. The van der Waals surface area contributed by atoms with Gasteiger partial charge >= 0.3 is 0 Å². The third-order valence-electron chi connectivity index (χ3n) is 5.98. The maximum absolute atomic E-state index is 12.6. The van der Waals surface area contributed by atoms with Gasteiger partial charge in [0.15, 0.2) is 5.82 Å². The number of halogens is 2. The molecule has 5 rings (SSSR count). The highest BCUT2D eigenvalue weighted by atomic mass is 35.5. The van der Waals surface area contributed by atoms with E-state index in [2.05, 4.69) is 60.2 Å². The summed E-state index contributed by atoms with van der Waals surface area (Å²) in [6.07, 6.45) is 5.64. The Labute approximate surface area is 234 Å². The van der Waals surface area contributed by atoms with Crippen molar-refractivity contribution in [3.05, 3.63) is 84.4 Å². The molecular formula is C28H33Cl2N7O. The van der Waals surface area contributed by atoms with Gasteiger partial charge in [0.1, 0.15) is 11.8 Å². The predicted octanol–water partition coefficient (Wildman–Crippen LogP) is 5.51. The molecule has 0 saturated heterocycles. The van der Waals surface area contributed by atoms with Gasteiger partial charge in [0.25, 0.3) is 5.91 Å². The fourth-order valence-corrected chi connectivity index (χ4v) is 4.42. The summed E-state index contributed by atoms with van der Waals surface area (Å²) in [5.41, 5.74) is 11.1. The van der Waals surface area contributed by atoms with Gasteiger partial charge in [-0.3, -0.25) is 4.79 Å². The molecule has 8 nitrogen and oxygen atoms in total. The monoisotopic (exact) mass is 553 g/mol. The van der Waals surface area contributed by atoms with Crippen molar-refractivity contribution in [2.45, 2.75) is 39.4 Å². The van der Waals surface area contributed by atoms with Crippen LogP contribution in [0.25, 0.3) is 21.9 Å².